The topological polar surface area (TPSA) is 58.6 Å². The van der Waals surface area contributed by atoms with Gasteiger partial charge >= 0.3 is 0 Å². The van der Waals surface area contributed by atoms with Crippen LogP contribution in [-0.4, -0.2) is 17.1 Å². The van der Waals surface area contributed by atoms with Crippen molar-refractivity contribution in [1.29, 1.82) is 0 Å². The first-order valence-electron chi connectivity index (χ1n) is 11.3. The van der Waals surface area contributed by atoms with Crippen molar-refractivity contribution >= 4 is 11.6 Å². The van der Waals surface area contributed by atoms with Crippen molar-refractivity contribution in [3.8, 4) is 5.75 Å². The van der Waals surface area contributed by atoms with Crippen molar-refractivity contribution in [1.82, 2.24) is 0 Å². The van der Waals surface area contributed by atoms with Crippen LogP contribution in [-0.2, 0) is 11.4 Å². The Labute approximate surface area is 177 Å². The van der Waals surface area contributed by atoms with Crippen LogP contribution >= 0.6 is 0 Å². The van der Waals surface area contributed by atoms with Gasteiger partial charge in [0.05, 0.1) is 0 Å². The van der Waals surface area contributed by atoms with E-state index in [1.165, 1.54) is 32.1 Å². The number of carbonyl (C=O) groups is 1. The number of hydrogen-bond acceptors (Lipinski definition) is 3. The highest BCUT2D eigenvalue weighted by Crippen LogP contribution is 2.85. The summed E-state index contributed by atoms with van der Waals surface area (Å²) >= 11 is 0. The molecule has 4 aliphatic carbocycles. The lowest BCUT2D eigenvalue weighted by Crippen LogP contribution is -2.59. The van der Waals surface area contributed by atoms with Gasteiger partial charge in [-0.15, -0.1) is 0 Å². The third-order valence-electron chi connectivity index (χ3n) is 8.76. The lowest BCUT2D eigenvalue weighted by Gasteiger charge is -2.66. The molecule has 2 N–H and O–H groups in total. The van der Waals surface area contributed by atoms with Crippen LogP contribution in [0, 0.1) is 28.6 Å². The number of aliphatic hydroxyl groups is 1. The maximum absolute atomic E-state index is 12.6. The van der Waals surface area contributed by atoms with Crippen LogP contribution in [0.2, 0.25) is 0 Å². The molecular formula is C26H29NO3. The fourth-order valence-electron chi connectivity index (χ4n) is 7.58. The Morgan fingerprint density at radius 1 is 1.03 bits per heavy atom. The Balaban J connectivity index is 1.03. The van der Waals surface area contributed by atoms with Crippen LogP contribution in [0.3, 0.4) is 0 Å². The van der Waals surface area contributed by atoms with Gasteiger partial charge in [-0.3, -0.25) is 4.79 Å². The average Bonchev–Trinajstić information content (AvgIpc) is 3.21. The van der Waals surface area contributed by atoms with Crippen LogP contribution < -0.4 is 10.1 Å². The summed E-state index contributed by atoms with van der Waals surface area (Å²) in [6.45, 7) is 0.512. The predicted molar refractivity (Wildman–Crippen MR) is 115 cm³/mol. The smallest absolute Gasteiger partial charge is 0.253 e. The van der Waals surface area contributed by atoms with E-state index in [-0.39, 0.29) is 11.3 Å². The van der Waals surface area contributed by atoms with Gasteiger partial charge in [0.1, 0.15) is 18.5 Å². The van der Waals surface area contributed by atoms with Crippen molar-refractivity contribution in [3.63, 3.8) is 0 Å². The SMILES string of the molecule is O=C(Nc1ccc(OCc2ccccc2)cc1)C(O)CC12CC3CC4CC(C1)C43C2. The van der Waals surface area contributed by atoms with E-state index in [4.69, 9.17) is 4.74 Å². The van der Waals surface area contributed by atoms with Crippen molar-refractivity contribution in [2.75, 3.05) is 5.32 Å². The number of carbonyl (C=O) groups excluding carboxylic acids is 1. The molecule has 4 heteroatoms. The van der Waals surface area contributed by atoms with E-state index in [0.29, 0.717) is 24.1 Å². The molecule has 0 saturated heterocycles. The fraction of sp³-hybridized carbons (Fsp3) is 0.500. The lowest BCUT2D eigenvalue weighted by atomic mass is 9.38. The molecule has 156 valence electrons. The van der Waals surface area contributed by atoms with Crippen molar-refractivity contribution < 1.29 is 14.6 Å². The summed E-state index contributed by atoms with van der Waals surface area (Å²) in [5, 5.41) is 13.6. The number of hydrogen-bond donors (Lipinski definition) is 2. The molecule has 0 radical (unpaired) electrons. The van der Waals surface area contributed by atoms with Crippen molar-refractivity contribution in [3.05, 3.63) is 60.2 Å². The Kier molecular flexibility index (Phi) is 4.05. The normalized spacial score (nSPS) is 35.7. The van der Waals surface area contributed by atoms with E-state index >= 15 is 0 Å². The summed E-state index contributed by atoms with van der Waals surface area (Å²) in [6.07, 6.45) is 6.23. The highest BCUT2D eigenvalue weighted by Gasteiger charge is 2.77. The van der Waals surface area contributed by atoms with E-state index in [9.17, 15) is 9.90 Å². The molecule has 4 fully saturated rings. The Hall–Kier alpha value is -2.33. The molecule has 4 aliphatic rings. The van der Waals surface area contributed by atoms with E-state index in [1.807, 2.05) is 54.6 Å². The minimum Gasteiger partial charge on any atom is -0.489 e. The Bertz CT molecular complexity index is 938. The van der Waals surface area contributed by atoms with Gasteiger partial charge in [0, 0.05) is 5.69 Å². The zero-order chi connectivity index (χ0) is 20.3. The van der Waals surface area contributed by atoms with Crippen molar-refractivity contribution in [2.45, 2.75) is 51.2 Å². The van der Waals surface area contributed by atoms with E-state index in [2.05, 4.69) is 5.32 Å². The zero-order valence-corrected chi connectivity index (χ0v) is 17.2. The molecule has 4 nitrogen and oxygen atoms in total. The quantitative estimate of drug-likeness (QED) is 0.699. The van der Waals surface area contributed by atoms with Gasteiger partial charge in [-0.25, -0.2) is 0 Å². The summed E-state index contributed by atoms with van der Waals surface area (Å²) in [7, 11) is 0. The number of aliphatic hydroxyl groups excluding tert-OH is 1. The predicted octanol–water partition coefficient (Wildman–Crippen LogP) is 4.78. The van der Waals surface area contributed by atoms with Gasteiger partial charge in [0.2, 0.25) is 0 Å². The summed E-state index contributed by atoms with van der Waals surface area (Å²) in [5.74, 6) is 3.20. The fourth-order valence-corrected chi connectivity index (χ4v) is 7.58. The molecule has 2 bridgehead atoms. The zero-order valence-electron chi connectivity index (χ0n) is 17.2. The highest BCUT2D eigenvalue weighted by atomic mass is 16.5. The summed E-state index contributed by atoms with van der Waals surface area (Å²) in [6, 6.07) is 17.4. The first-order valence-corrected chi connectivity index (χ1v) is 11.3. The molecule has 2 aromatic carbocycles. The van der Waals surface area contributed by atoms with Gasteiger partial charge < -0.3 is 15.2 Å². The second kappa shape index (κ2) is 6.58. The molecule has 4 saturated carbocycles. The third-order valence-corrected chi connectivity index (χ3v) is 8.76. The molecule has 0 aliphatic heterocycles. The number of benzene rings is 2. The molecule has 0 aromatic heterocycles. The largest absolute Gasteiger partial charge is 0.489 e. The molecule has 30 heavy (non-hydrogen) atoms. The second-order valence-electron chi connectivity index (χ2n) is 10.3. The summed E-state index contributed by atoms with van der Waals surface area (Å²) in [4.78, 5) is 12.6. The maximum atomic E-state index is 12.6. The standard InChI is InChI=1S/C26H29NO3/c28-23(14-25-12-19-10-18-11-20(13-25)26(18,19)16-25)24(29)27-21-6-8-22(9-7-21)30-15-17-4-2-1-3-5-17/h1-9,18-20,23,28H,10-16H2,(H,27,29). The molecule has 2 aromatic rings. The minimum atomic E-state index is -0.927. The Morgan fingerprint density at radius 3 is 2.37 bits per heavy atom. The van der Waals surface area contributed by atoms with Crippen molar-refractivity contribution in [2.24, 2.45) is 28.6 Å². The first kappa shape index (κ1) is 18.4. The first-order chi connectivity index (χ1) is 14.6. The van der Waals surface area contributed by atoms with Crippen LogP contribution in [0.5, 0.6) is 5.75 Å². The molecule has 1 amide bonds. The number of amides is 1. The number of rotatable bonds is 7. The molecular weight excluding hydrogens is 374 g/mol. The van der Waals surface area contributed by atoms with Crippen LogP contribution in [0.15, 0.2) is 54.6 Å². The number of ether oxygens (including phenoxy) is 1. The Morgan fingerprint density at radius 2 is 1.73 bits per heavy atom. The molecule has 3 unspecified atom stereocenters. The van der Waals surface area contributed by atoms with Gasteiger partial charge in [0.15, 0.2) is 0 Å². The average molecular weight is 404 g/mol. The molecule has 1 spiro atoms. The molecule has 0 heterocycles. The summed E-state index contributed by atoms with van der Waals surface area (Å²) < 4.78 is 5.80. The van der Waals surface area contributed by atoms with E-state index < -0.39 is 6.10 Å². The van der Waals surface area contributed by atoms with Gasteiger partial charge in [0.25, 0.3) is 5.91 Å². The van der Waals surface area contributed by atoms with Crippen LogP contribution in [0.4, 0.5) is 5.69 Å². The van der Waals surface area contributed by atoms with E-state index in [1.54, 1.807) is 0 Å². The molecule has 6 rings (SSSR count). The molecule has 3 atom stereocenters. The lowest BCUT2D eigenvalue weighted by molar-refractivity contribution is -0.177. The van der Waals surface area contributed by atoms with E-state index in [0.717, 1.165) is 29.1 Å². The number of fused-ring (bicyclic) bond motifs is 1. The highest BCUT2D eigenvalue weighted by molar-refractivity contribution is 5.94. The summed E-state index contributed by atoms with van der Waals surface area (Å²) in [5.41, 5.74) is 2.65. The van der Waals surface area contributed by atoms with Gasteiger partial charge in [-0.05, 0) is 96.9 Å². The minimum absolute atomic E-state index is 0.215. The van der Waals surface area contributed by atoms with Crippen LogP contribution in [0.1, 0.15) is 44.1 Å². The monoisotopic (exact) mass is 403 g/mol. The second-order valence-corrected chi connectivity index (χ2v) is 10.3. The number of nitrogens with one attached hydrogen (secondary N) is 1. The number of anilines is 1. The maximum Gasteiger partial charge on any atom is 0.253 e. The third kappa shape index (κ3) is 2.73. The van der Waals surface area contributed by atoms with Gasteiger partial charge in [-0.2, -0.15) is 0 Å². The van der Waals surface area contributed by atoms with Gasteiger partial charge in [-0.1, -0.05) is 30.3 Å². The van der Waals surface area contributed by atoms with Crippen LogP contribution in [0.25, 0.3) is 0 Å².